The summed E-state index contributed by atoms with van der Waals surface area (Å²) < 4.78 is 11.7. The van der Waals surface area contributed by atoms with E-state index in [2.05, 4.69) is 0 Å². The van der Waals surface area contributed by atoms with E-state index in [0.29, 0.717) is 26.1 Å². The topological polar surface area (TPSA) is 119 Å². The molecule has 198 valence electrons. The molecule has 0 spiro atoms. The average molecular weight is 519 g/mol. The number of rotatable bonds is 8. The van der Waals surface area contributed by atoms with Gasteiger partial charge in [0.25, 0.3) is 5.69 Å². The van der Waals surface area contributed by atoms with Gasteiger partial charge in [0, 0.05) is 25.2 Å². The number of amides is 2. The van der Waals surface area contributed by atoms with Gasteiger partial charge in [-0.2, -0.15) is 0 Å². The van der Waals surface area contributed by atoms with E-state index in [9.17, 15) is 24.8 Å². The highest BCUT2D eigenvalue weighted by Crippen LogP contribution is 2.50. The molecule has 4 atom stereocenters. The molecule has 2 saturated heterocycles. The number of benzene rings is 2. The molecule has 0 unspecified atom stereocenters. The fraction of sp³-hybridized carbons (Fsp3) is 0.379. The van der Waals surface area contributed by atoms with E-state index in [-0.39, 0.29) is 41.0 Å². The Morgan fingerprint density at radius 3 is 2.71 bits per heavy atom. The Balaban J connectivity index is 1.38. The van der Waals surface area contributed by atoms with E-state index in [1.54, 1.807) is 31.4 Å². The normalized spacial score (nSPS) is 25.1. The number of imide groups is 1. The van der Waals surface area contributed by atoms with Crippen LogP contribution < -0.4 is 4.90 Å². The number of ether oxygens (including phenoxy) is 2. The molecule has 3 aliphatic rings. The summed E-state index contributed by atoms with van der Waals surface area (Å²) in [6.07, 6.45) is 3.72. The summed E-state index contributed by atoms with van der Waals surface area (Å²) in [6, 6.07) is 12.7. The van der Waals surface area contributed by atoms with Crippen LogP contribution in [0.25, 0.3) is 6.08 Å². The Bertz CT molecular complexity index is 1350. The lowest BCUT2D eigenvalue weighted by Crippen LogP contribution is -2.35. The minimum absolute atomic E-state index is 0.171. The molecular weight excluding hydrogens is 488 g/mol. The average Bonchev–Trinajstić information content (AvgIpc) is 3.41. The van der Waals surface area contributed by atoms with Gasteiger partial charge in [0.1, 0.15) is 5.75 Å². The Kier molecular flexibility index (Phi) is 7.14. The number of methoxy groups -OCH3 is 1. The van der Waals surface area contributed by atoms with Crippen molar-refractivity contribution < 1.29 is 29.1 Å². The molecule has 0 saturated carbocycles. The third-order valence-corrected chi connectivity index (χ3v) is 7.71. The zero-order valence-electron chi connectivity index (χ0n) is 21.3. The minimum Gasteiger partial charge on any atom is -0.508 e. The van der Waals surface area contributed by atoms with Crippen LogP contribution in [0, 0.1) is 27.9 Å². The number of non-ortho nitro benzene ring substituents is 1. The first kappa shape index (κ1) is 25.8. The molecule has 2 amide bonds. The number of phenols is 1. The first-order chi connectivity index (χ1) is 18.3. The van der Waals surface area contributed by atoms with Gasteiger partial charge in [0.2, 0.25) is 11.8 Å². The molecule has 2 heterocycles. The predicted octanol–water partition coefficient (Wildman–Crippen LogP) is 4.65. The van der Waals surface area contributed by atoms with Crippen LogP contribution in [0.3, 0.4) is 0 Å². The van der Waals surface area contributed by atoms with Crippen molar-refractivity contribution in [2.75, 3.05) is 25.2 Å². The first-order valence-electron chi connectivity index (χ1n) is 12.7. The van der Waals surface area contributed by atoms with Crippen molar-refractivity contribution in [3.8, 4) is 5.75 Å². The summed E-state index contributed by atoms with van der Waals surface area (Å²) in [5.41, 5.74) is 4.16. The van der Waals surface area contributed by atoms with Crippen LogP contribution in [0.1, 0.15) is 31.7 Å². The molecule has 1 N–H and O–H groups in total. The monoisotopic (exact) mass is 518 g/mol. The van der Waals surface area contributed by atoms with Crippen LogP contribution in [0.4, 0.5) is 11.4 Å². The van der Waals surface area contributed by atoms with Crippen LogP contribution in [-0.2, 0) is 19.1 Å². The summed E-state index contributed by atoms with van der Waals surface area (Å²) in [5, 5.41) is 21.0. The summed E-state index contributed by atoms with van der Waals surface area (Å²) in [7, 11) is 1.61. The van der Waals surface area contributed by atoms with Gasteiger partial charge in [-0.3, -0.25) is 19.7 Å². The number of carbonyl (C=O) groups is 2. The van der Waals surface area contributed by atoms with Crippen molar-refractivity contribution in [1.82, 2.24) is 0 Å². The van der Waals surface area contributed by atoms with Crippen molar-refractivity contribution in [2.45, 2.75) is 32.3 Å². The molecule has 0 radical (unpaired) electrons. The number of anilines is 1. The molecule has 9 nitrogen and oxygen atoms in total. The highest BCUT2D eigenvalue weighted by Gasteiger charge is 2.57. The van der Waals surface area contributed by atoms with Crippen LogP contribution in [0.2, 0.25) is 0 Å². The second kappa shape index (κ2) is 10.5. The summed E-state index contributed by atoms with van der Waals surface area (Å²) in [5.74, 6) is -1.79. The number of hydrogen-bond acceptors (Lipinski definition) is 7. The number of phenolic OH excluding ortho intramolecular Hbond substituents is 1. The van der Waals surface area contributed by atoms with Crippen molar-refractivity contribution in [2.24, 2.45) is 17.8 Å². The van der Waals surface area contributed by atoms with Gasteiger partial charge in [0.15, 0.2) is 0 Å². The number of nitrogens with zero attached hydrogens (tertiary/aromatic N) is 2. The third kappa shape index (κ3) is 4.75. The maximum absolute atomic E-state index is 13.6. The molecule has 1 aliphatic carbocycles. The highest BCUT2D eigenvalue weighted by atomic mass is 16.6. The molecule has 9 heteroatoms. The third-order valence-electron chi connectivity index (χ3n) is 7.71. The van der Waals surface area contributed by atoms with Crippen molar-refractivity contribution in [1.29, 1.82) is 0 Å². The van der Waals surface area contributed by atoms with Crippen LogP contribution >= 0.6 is 0 Å². The van der Waals surface area contributed by atoms with E-state index >= 15 is 0 Å². The predicted molar refractivity (Wildman–Crippen MR) is 140 cm³/mol. The van der Waals surface area contributed by atoms with Gasteiger partial charge >= 0.3 is 0 Å². The van der Waals surface area contributed by atoms with Crippen molar-refractivity contribution in [3.05, 3.63) is 80.9 Å². The zero-order chi connectivity index (χ0) is 27.0. The fourth-order valence-electron chi connectivity index (χ4n) is 6.11. The summed E-state index contributed by atoms with van der Waals surface area (Å²) in [6.45, 7) is 2.73. The maximum Gasteiger partial charge on any atom is 0.271 e. The van der Waals surface area contributed by atoms with E-state index in [1.165, 1.54) is 18.2 Å². The second-order valence-electron chi connectivity index (χ2n) is 10.2. The Hall–Kier alpha value is -3.82. The molecule has 5 rings (SSSR count). The second-order valence-corrected chi connectivity index (χ2v) is 10.2. The molecular formula is C29H30N2O7. The van der Waals surface area contributed by atoms with Gasteiger partial charge < -0.3 is 14.6 Å². The Labute approximate surface area is 220 Å². The molecule has 38 heavy (non-hydrogen) atoms. The number of allylic oxidation sites excluding steroid dienone is 1. The number of aromatic hydroxyl groups is 1. The number of carbonyl (C=O) groups excluding carboxylic acids is 2. The lowest BCUT2D eigenvalue weighted by atomic mass is 9.69. The van der Waals surface area contributed by atoms with Crippen molar-refractivity contribution >= 4 is 29.3 Å². The SMILES string of the molecule is COCC1=C2[C@@H](CC/C(C)=C/c3cccc(O)c3)OC[C@@H]2[C@@H]2C(=O)N(c3cccc([N+](=O)[O-])c3)C(=O)[C@@H]2C1. The molecule has 2 aromatic carbocycles. The fourth-order valence-corrected chi connectivity index (χ4v) is 6.11. The minimum atomic E-state index is -0.564. The number of nitro benzene ring substituents is 1. The lowest BCUT2D eigenvalue weighted by molar-refractivity contribution is -0.384. The molecule has 2 fully saturated rings. The number of fused-ring (bicyclic) bond motifs is 3. The van der Waals surface area contributed by atoms with Crippen LogP contribution in [-0.4, -0.2) is 48.3 Å². The number of nitro groups is 1. The van der Waals surface area contributed by atoms with Crippen LogP contribution in [0.5, 0.6) is 5.75 Å². The van der Waals surface area contributed by atoms with E-state index in [4.69, 9.17) is 9.47 Å². The molecule has 0 aromatic heterocycles. The first-order valence-corrected chi connectivity index (χ1v) is 12.7. The molecule has 2 aromatic rings. The van der Waals surface area contributed by atoms with Gasteiger partial charge in [-0.05, 0) is 61.1 Å². The number of hydrogen-bond donors (Lipinski definition) is 1. The van der Waals surface area contributed by atoms with Gasteiger partial charge in [0.05, 0.1) is 41.8 Å². The van der Waals surface area contributed by atoms with Crippen molar-refractivity contribution in [3.63, 3.8) is 0 Å². The zero-order valence-corrected chi connectivity index (χ0v) is 21.3. The lowest BCUT2D eigenvalue weighted by Gasteiger charge is -2.31. The van der Waals surface area contributed by atoms with E-state index < -0.39 is 16.8 Å². The Morgan fingerprint density at radius 1 is 1.18 bits per heavy atom. The van der Waals surface area contributed by atoms with Gasteiger partial charge in [-0.25, -0.2) is 4.90 Å². The Morgan fingerprint density at radius 2 is 1.97 bits per heavy atom. The van der Waals surface area contributed by atoms with Gasteiger partial charge in [-0.1, -0.05) is 29.8 Å². The standard InChI is InChI=1S/C29H30N2O7/c1-17(11-18-5-3-8-22(32)12-18)9-10-25-26-19(15-37-2)13-23-27(24(26)16-38-25)29(34)30(28(23)33)20-6-4-7-21(14-20)31(35)36/h3-8,11-12,14,23-25,27,32H,9-10,13,15-16H2,1-2H3/b17-11+/t23-,24+,25-,27-/m1/s1. The molecule has 2 aliphatic heterocycles. The van der Waals surface area contributed by atoms with Gasteiger partial charge in [-0.15, -0.1) is 0 Å². The quantitative estimate of drug-likeness (QED) is 0.234. The van der Waals surface area contributed by atoms with E-state index in [1.807, 2.05) is 19.1 Å². The summed E-state index contributed by atoms with van der Waals surface area (Å²) >= 11 is 0. The summed E-state index contributed by atoms with van der Waals surface area (Å²) in [4.78, 5) is 39.0. The highest BCUT2D eigenvalue weighted by molar-refractivity contribution is 6.22. The van der Waals surface area contributed by atoms with E-state index in [0.717, 1.165) is 33.6 Å². The molecule has 0 bridgehead atoms. The smallest absolute Gasteiger partial charge is 0.271 e. The van der Waals surface area contributed by atoms with Crippen LogP contribution in [0.15, 0.2) is 65.3 Å². The maximum atomic E-state index is 13.6. The largest absolute Gasteiger partial charge is 0.508 e.